The van der Waals surface area contributed by atoms with Gasteiger partial charge in [-0.2, -0.15) is 0 Å². The minimum atomic E-state index is 0.313. The average molecular weight is 441 g/mol. The van der Waals surface area contributed by atoms with Gasteiger partial charge in [-0.25, -0.2) is 9.97 Å². The van der Waals surface area contributed by atoms with E-state index >= 15 is 0 Å². The predicted octanol–water partition coefficient (Wildman–Crippen LogP) is 6.78. The van der Waals surface area contributed by atoms with Gasteiger partial charge < -0.3 is 10.2 Å². The number of fused-ring (bicyclic) bond motifs is 1. The quantitative estimate of drug-likeness (QED) is 0.346. The second-order valence-electron chi connectivity index (χ2n) is 8.38. The van der Waals surface area contributed by atoms with Gasteiger partial charge in [0.2, 0.25) is 0 Å². The fourth-order valence-electron chi connectivity index (χ4n) is 3.98. The maximum atomic E-state index is 5.70. The van der Waals surface area contributed by atoms with Gasteiger partial charge in [0.15, 0.2) is 5.11 Å². The Kier molecular flexibility index (Phi) is 6.47. The fraction of sp³-hybridized carbons (Fsp3) is 0.222. The minimum Gasteiger partial charge on any atom is -0.344 e. The summed E-state index contributed by atoms with van der Waals surface area (Å²) in [6.07, 6.45) is 0. The summed E-state index contributed by atoms with van der Waals surface area (Å²) >= 11 is 5.70. The molecule has 1 N–H and O–H groups in total. The third-order valence-electron chi connectivity index (χ3n) is 5.36. The van der Waals surface area contributed by atoms with E-state index in [2.05, 4.69) is 62.2 Å². The smallest absolute Gasteiger partial charge is 0.173 e. The second kappa shape index (κ2) is 9.45. The summed E-state index contributed by atoms with van der Waals surface area (Å²) in [6, 6.07) is 27.1. The average Bonchev–Trinajstić information content (AvgIpc) is 2.79. The van der Waals surface area contributed by atoms with Crippen LogP contribution in [-0.4, -0.2) is 32.1 Å². The summed E-state index contributed by atoms with van der Waals surface area (Å²) in [7, 11) is 0. The zero-order chi connectivity index (χ0) is 22.7. The molecule has 4 aromatic rings. The molecular formula is C27H28N4S. The summed E-state index contributed by atoms with van der Waals surface area (Å²) in [4.78, 5) is 12.2. The van der Waals surface area contributed by atoms with Crippen LogP contribution >= 0.6 is 12.2 Å². The van der Waals surface area contributed by atoms with Crippen molar-refractivity contribution in [3.8, 4) is 22.5 Å². The van der Waals surface area contributed by atoms with Crippen LogP contribution in [-0.2, 0) is 0 Å². The Balaban J connectivity index is 1.78. The van der Waals surface area contributed by atoms with Crippen LogP contribution in [0.25, 0.3) is 33.5 Å². The van der Waals surface area contributed by atoms with E-state index in [0.29, 0.717) is 17.2 Å². The molecule has 0 aliphatic heterocycles. The van der Waals surface area contributed by atoms with Crippen molar-refractivity contribution in [2.75, 3.05) is 5.32 Å². The zero-order valence-electron chi connectivity index (χ0n) is 18.9. The van der Waals surface area contributed by atoms with E-state index in [9.17, 15) is 0 Å². The largest absolute Gasteiger partial charge is 0.344 e. The highest BCUT2D eigenvalue weighted by molar-refractivity contribution is 7.80. The van der Waals surface area contributed by atoms with Crippen LogP contribution in [0.2, 0.25) is 0 Å². The number of hydrogen-bond donors (Lipinski definition) is 1. The Bertz CT molecular complexity index is 1210. The van der Waals surface area contributed by atoms with Crippen LogP contribution in [0.5, 0.6) is 0 Å². The Morgan fingerprint density at radius 1 is 0.719 bits per heavy atom. The van der Waals surface area contributed by atoms with Crippen molar-refractivity contribution in [3.05, 3.63) is 78.9 Å². The summed E-state index contributed by atoms with van der Waals surface area (Å²) in [5, 5.41) is 4.11. The standard InChI is InChI=1S/C27H28N4S/c1-18(2)31(19(3)4)27(32)28-22-15-16-23-24(17-22)30-26(21-13-9-6-10-14-21)25(29-23)20-11-7-5-8-12-20/h5-19H,1-4H3,(H,28,32). The van der Waals surface area contributed by atoms with E-state index in [1.165, 1.54) is 0 Å². The Hall–Kier alpha value is -3.31. The van der Waals surface area contributed by atoms with E-state index in [1.54, 1.807) is 0 Å². The lowest BCUT2D eigenvalue weighted by Gasteiger charge is -2.33. The van der Waals surface area contributed by atoms with E-state index in [1.807, 2.05) is 54.6 Å². The summed E-state index contributed by atoms with van der Waals surface area (Å²) in [5.74, 6) is 0. The molecule has 5 heteroatoms. The number of hydrogen-bond acceptors (Lipinski definition) is 3. The lowest BCUT2D eigenvalue weighted by Crippen LogP contribution is -2.44. The highest BCUT2D eigenvalue weighted by atomic mass is 32.1. The van der Waals surface area contributed by atoms with Crippen molar-refractivity contribution in [3.63, 3.8) is 0 Å². The molecule has 0 fully saturated rings. The number of nitrogens with zero attached hydrogens (tertiary/aromatic N) is 3. The molecule has 0 radical (unpaired) electrons. The Morgan fingerprint density at radius 2 is 1.22 bits per heavy atom. The molecule has 0 amide bonds. The van der Waals surface area contributed by atoms with Crippen molar-refractivity contribution in [2.24, 2.45) is 0 Å². The van der Waals surface area contributed by atoms with Crippen molar-refractivity contribution in [1.29, 1.82) is 0 Å². The number of aromatic nitrogens is 2. The zero-order valence-corrected chi connectivity index (χ0v) is 19.7. The minimum absolute atomic E-state index is 0.313. The number of rotatable bonds is 5. The molecule has 162 valence electrons. The van der Waals surface area contributed by atoms with Gasteiger partial charge in [0.1, 0.15) is 0 Å². The van der Waals surface area contributed by atoms with Crippen molar-refractivity contribution in [1.82, 2.24) is 14.9 Å². The normalized spacial score (nSPS) is 11.2. The number of benzene rings is 3. The highest BCUT2D eigenvalue weighted by Gasteiger charge is 2.18. The van der Waals surface area contributed by atoms with E-state index in [-0.39, 0.29) is 0 Å². The Morgan fingerprint density at radius 3 is 1.72 bits per heavy atom. The second-order valence-corrected chi connectivity index (χ2v) is 8.77. The first-order valence-electron chi connectivity index (χ1n) is 11.0. The molecule has 0 saturated heterocycles. The molecule has 0 spiro atoms. The Labute approximate surface area is 195 Å². The number of thiocarbonyl (C=S) groups is 1. The molecule has 0 aliphatic carbocycles. The van der Waals surface area contributed by atoms with Crippen molar-refractivity contribution >= 4 is 34.1 Å². The van der Waals surface area contributed by atoms with E-state index in [0.717, 1.165) is 39.2 Å². The third-order valence-corrected chi connectivity index (χ3v) is 5.67. The van der Waals surface area contributed by atoms with Gasteiger partial charge in [-0.15, -0.1) is 0 Å². The SMILES string of the molecule is CC(C)N(C(=S)Nc1ccc2nc(-c3ccccc3)c(-c3ccccc3)nc2c1)C(C)C. The predicted molar refractivity (Wildman–Crippen MR) is 139 cm³/mol. The van der Waals surface area contributed by atoms with Gasteiger partial charge >= 0.3 is 0 Å². The summed E-state index contributed by atoms with van der Waals surface area (Å²) in [6.45, 7) is 8.60. The first kappa shape index (κ1) is 21.9. The number of nitrogens with one attached hydrogen (secondary N) is 1. The monoisotopic (exact) mass is 440 g/mol. The fourth-order valence-corrected chi connectivity index (χ4v) is 4.52. The lowest BCUT2D eigenvalue weighted by atomic mass is 10.0. The molecule has 0 unspecified atom stereocenters. The van der Waals surface area contributed by atoms with Crippen LogP contribution < -0.4 is 5.32 Å². The van der Waals surface area contributed by atoms with Gasteiger partial charge in [-0.05, 0) is 58.1 Å². The van der Waals surface area contributed by atoms with Gasteiger partial charge in [-0.1, -0.05) is 60.7 Å². The van der Waals surface area contributed by atoms with Crippen LogP contribution in [0.3, 0.4) is 0 Å². The maximum absolute atomic E-state index is 5.70. The molecule has 1 heterocycles. The van der Waals surface area contributed by atoms with Crippen LogP contribution in [0.15, 0.2) is 78.9 Å². The van der Waals surface area contributed by atoms with Crippen molar-refractivity contribution < 1.29 is 0 Å². The molecule has 0 saturated carbocycles. The van der Waals surface area contributed by atoms with Gasteiger partial charge in [-0.3, -0.25) is 0 Å². The maximum Gasteiger partial charge on any atom is 0.173 e. The summed E-state index contributed by atoms with van der Waals surface area (Å²) in [5.41, 5.74) is 6.44. The van der Waals surface area contributed by atoms with Crippen molar-refractivity contribution in [2.45, 2.75) is 39.8 Å². The van der Waals surface area contributed by atoms with E-state index in [4.69, 9.17) is 22.2 Å². The molecular weight excluding hydrogens is 412 g/mol. The number of anilines is 1. The van der Waals surface area contributed by atoms with Gasteiger partial charge in [0.05, 0.1) is 22.4 Å². The van der Waals surface area contributed by atoms with Crippen LogP contribution in [0.1, 0.15) is 27.7 Å². The lowest BCUT2D eigenvalue weighted by molar-refractivity contribution is 0.296. The first-order valence-corrected chi connectivity index (χ1v) is 11.4. The van der Waals surface area contributed by atoms with Crippen LogP contribution in [0, 0.1) is 0 Å². The molecule has 1 aromatic heterocycles. The highest BCUT2D eigenvalue weighted by Crippen LogP contribution is 2.31. The molecule has 4 nitrogen and oxygen atoms in total. The van der Waals surface area contributed by atoms with Crippen LogP contribution in [0.4, 0.5) is 5.69 Å². The molecule has 4 rings (SSSR count). The molecule has 0 aliphatic rings. The molecule has 0 bridgehead atoms. The van der Waals surface area contributed by atoms with Gasteiger partial charge in [0, 0.05) is 28.9 Å². The summed E-state index contributed by atoms with van der Waals surface area (Å²) < 4.78 is 0. The topological polar surface area (TPSA) is 41.0 Å². The molecule has 3 aromatic carbocycles. The third kappa shape index (κ3) is 4.63. The van der Waals surface area contributed by atoms with Gasteiger partial charge in [0.25, 0.3) is 0 Å². The first-order chi connectivity index (χ1) is 15.4. The van der Waals surface area contributed by atoms with E-state index < -0.39 is 0 Å². The molecule has 0 atom stereocenters. The molecule has 32 heavy (non-hydrogen) atoms.